The molecule has 1 amide bonds. The molecule has 1 aliphatic rings. The topological polar surface area (TPSA) is 70.6 Å². The summed E-state index contributed by atoms with van der Waals surface area (Å²) in [4.78, 5) is 11.8. The Morgan fingerprint density at radius 3 is 2.71 bits per heavy atom. The molecular weight excluding hydrogens is 292 g/mol. The van der Waals surface area contributed by atoms with Gasteiger partial charge in [0, 0.05) is 13.1 Å². The van der Waals surface area contributed by atoms with E-state index in [1.165, 1.54) is 5.56 Å². The summed E-state index contributed by atoms with van der Waals surface area (Å²) in [5.74, 6) is 0.837. The number of hydrogen-bond donors (Lipinski definition) is 3. The van der Waals surface area contributed by atoms with Crippen molar-refractivity contribution in [2.45, 2.75) is 31.4 Å². The van der Waals surface area contributed by atoms with Crippen LogP contribution in [0.3, 0.4) is 0 Å². The number of carbonyl (C=O) groups is 1. The minimum atomic E-state index is -0.398. The van der Waals surface area contributed by atoms with Gasteiger partial charge in [-0.1, -0.05) is 12.1 Å². The molecule has 0 aliphatic carbocycles. The predicted octanol–water partition coefficient (Wildman–Crippen LogP) is 0.889. The highest BCUT2D eigenvalue weighted by Crippen LogP contribution is 2.12. The van der Waals surface area contributed by atoms with E-state index in [1.54, 1.807) is 7.11 Å². The Morgan fingerprint density at radius 2 is 2.14 bits per heavy atom. The van der Waals surface area contributed by atoms with Gasteiger partial charge in [0.2, 0.25) is 5.91 Å². The molecule has 1 fully saturated rings. The van der Waals surface area contributed by atoms with Gasteiger partial charge in [0.1, 0.15) is 5.75 Å². The van der Waals surface area contributed by atoms with E-state index in [9.17, 15) is 9.90 Å². The van der Waals surface area contributed by atoms with Crippen LogP contribution in [0.15, 0.2) is 24.3 Å². The number of methoxy groups -OCH3 is 1. The number of β-amino-alcohol motifs (C(OH)–C–C–N with tert-alkyl or cyclic N) is 1. The summed E-state index contributed by atoms with van der Waals surface area (Å²) >= 11 is 0. The van der Waals surface area contributed by atoms with Crippen LogP contribution in [0.5, 0.6) is 5.75 Å². The molecule has 1 aromatic rings. The van der Waals surface area contributed by atoms with Crippen LogP contribution in [0, 0.1) is 0 Å². The van der Waals surface area contributed by atoms with E-state index in [-0.39, 0.29) is 24.4 Å². The molecule has 2 rings (SSSR count). The normalized spacial score (nSPS) is 20.7. The lowest BCUT2D eigenvalue weighted by atomic mass is 10.1. The van der Waals surface area contributed by atoms with Crippen LogP contribution in [-0.2, 0) is 11.2 Å². The zero-order valence-corrected chi connectivity index (χ0v) is 13.0. The van der Waals surface area contributed by atoms with Gasteiger partial charge in [0.25, 0.3) is 0 Å². The van der Waals surface area contributed by atoms with Gasteiger partial charge in [-0.2, -0.15) is 0 Å². The molecular formula is C15H23ClN2O3. The number of amides is 1. The first kappa shape index (κ1) is 17.8. The largest absolute Gasteiger partial charge is 0.497 e. The number of ether oxygens (including phenoxy) is 1. The highest BCUT2D eigenvalue weighted by Gasteiger charge is 2.27. The van der Waals surface area contributed by atoms with Gasteiger partial charge in [-0.15, -0.1) is 12.4 Å². The van der Waals surface area contributed by atoms with Crippen LogP contribution in [0.2, 0.25) is 0 Å². The first-order valence-corrected chi connectivity index (χ1v) is 7.01. The van der Waals surface area contributed by atoms with Crippen LogP contribution in [0.4, 0.5) is 0 Å². The van der Waals surface area contributed by atoms with E-state index < -0.39 is 6.10 Å². The molecule has 0 radical (unpaired) electrons. The van der Waals surface area contributed by atoms with Crippen molar-refractivity contribution in [3.8, 4) is 5.75 Å². The maximum absolute atomic E-state index is 11.8. The fourth-order valence-electron chi connectivity index (χ4n) is 2.34. The summed E-state index contributed by atoms with van der Waals surface area (Å²) in [7, 11) is 1.65. The van der Waals surface area contributed by atoms with Gasteiger partial charge in [0.15, 0.2) is 0 Å². The minimum absolute atomic E-state index is 0. The van der Waals surface area contributed by atoms with Gasteiger partial charge in [0.05, 0.1) is 19.3 Å². The number of nitrogens with one attached hydrogen (secondary N) is 2. The second kappa shape index (κ2) is 8.87. The average molecular weight is 315 g/mol. The Bertz CT molecular complexity index is 439. The van der Waals surface area contributed by atoms with Crippen molar-refractivity contribution < 1.29 is 14.6 Å². The minimum Gasteiger partial charge on any atom is -0.497 e. The molecule has 5 nitrogen and oxygen atoms in total. The summed E-state index contributed by atoms with van der Waals surface area (Å²) in [6.45, 7) is 1.16. The fourth-order valence-corrected chi connectivity index (χ4v) is 2.34. The maximum Gasteiger partial charge on any atom is 0.237 e. The van der Waals surface area contributed by atoms with Gasteiger partial charge in [-0.25, -0.2) is 0 Å². The van der Waals surface area contributed by atoms with E-state index >= 15 is 0 Å². The Kier molecular flexibility index (Phi) is 7.50. The van der Waals surface area contributed by atoms with Crippen LogP contribution >= 0.6 is 12.4 Å². The standard InChI is InChI=1S/C15H22N2O3.ClH/c1-20-13-6-4-11(5-7-13)3-2-8-16-15(19)14-9-12(18)10-17-14;/h4-7,12,14,17-18H,2-3,8-10H2,1H3,(H,16,19);1H. The first-order chi connectivity index (χ1) is 9.69. The van der Waals surface area contributed by atoms with Crippen LogP contribution in [0.25, 0.3) is 0 Å². The molecule has 0 spiro atoms. The lowest BCUT2D eigenvalue weighted by Crippen LogP contribution is -2.40. The third-order valence-electron chi connectivity index (χ3n) is 3.52. The molecule has 1 aromatic carbocycles. The molecule has 1 saturated heterocycles. The van der Waals surface area contributed by atoms with E-state index in [0.717, 1.165) is 18.6 Å². The van der Waals surface area contributed by atoms with Crippen molar-refractivity contribution in [1.29, 1.82) is 0 Å². The van der Waals surface area contributed by atoms with Crippen LogP contribution < -0.4 is 15.4 Å². The highest BCUT2D eigenvalue weighted by molar-refractivity contribution is 5.85. The summed E-state index contributed by atoms with van der Waals surface area (Å²) in [5, 5.41) is 15.3. The Morgan fingerprint density at radius 1 is 1.43 bits per heavy atom. The second-order valence-corrected chi connectivity index (χ2v) is 5.09. The van der Waals surface area contributed by atoms with E-state index in [2.05, 4.69) is 10.6 Å². The number of halogens is 1. The summed E-state index contributed by atoms with van der Waals surface area (Å²) in [6.07, 6.45) is 1.92. The smallest absolute Gasteiger partial charge is 0.237 e. The molecule has 3 N–H and O–H groups in total. The number of benzene rings is 1. The fraction of sp³-hybridized carbons (Fsp3) is 0.533. The molecule has 0 aromatic heterocycles. The number of carbonyl (C=O) groups excluding carboxylic acids is 1. The Balaban J connectivity index is 0.00000220. The number of aryl methyl sites for hydroxylation is 1. The summed E-state index contributed by atoms with van der Waals surface area (Å²) < 4.78 is 5.11. The molecule has 2 atom stereocenters. The Labute approximate surface area is 131 Å². The lowest BCUT2D eigenvalue weighted by Gasteiger charge is -2.11. The van der Waals surface area contributed by atoms with E-state index in [4.69, 9.17) is 4.74 Å². The third kappa shape index (κ3) is 5.53. The molecule has 0 bridgehead atoms. The lowest BCUT2D eigenvalue weighted by molar-refractivity contribution is -0.122. The third-order valence-corrected chi connectivity index (χ3v) is 3.52. The number of rotatable bonds is 6. The number of aliphatic hydroxyl groups excluding tert-OH is 1. The quantitative estimate of drug-likeness (QED) is 0.682. The second-order valence-electron chi connectivity index (χ2n) is 5.09. The van der Waals surface area contributed by atoms with Crippen LogP contribution in [0.1, 0.15) is 18.4 Å². The number of aliphatic hydroxyl groups is 1. The van der Waals surface area contributed by atoms with E-state index in [0.29, 0.717) is 19.5 Å². The van der Waals surface area contributed by atoms with Gasteiger partial charge in [-0.05, 0) is 37.0 Å². The molecule has 1 heterocycles. The molecule has 2 unspecified atom stereocenters. The molecule has 21 heavy (non-hydrogen) atoms. The zero-order chi connectivity index (χ0) is 14.4. The van der Waals surface area contributed by atoms with Crippen molar-refractivity contribution in [2.75, 3.05) is 20.2 Å². The highest BCUT2D eigenvalue weighted by atomic mass is 35.5. The summed E-state index contributed by atoms with van der Waals surface area (Å²) in [5.41, 5.74) is 1.23. The predicted molar refractivity (Wildman–Crippen MR) is 84.0 cm³/mol. The Hall–Kier alpha value is -1.30. The van der Waals surface area contributed by atoms with Crippen molar-refractivity contribution in [3.05, 3.63) is 29.8 Å². The molecule has 1 aliphatic heterocycles. The number of hydrogen-bond acceptors (Lipinski definition) is 4. The van der Waals surface area contributed by atoms with Crippen molar-refractivity contribution >= 4 is 18.3 Å². The van der Waals surface area contributed by atoms with Gasteiger partial charge in [-0.3, -0.25) is 4.79 Å². The van der Waals surface area contributed by atoms with Gasteiger partial charge < -0.3 is 20.5 Å². The monoisotopic (exact) mass is 314 g/mol. The van der Waals surface area contributed by atoms with Crippen molar-refractivity contribution in [1.82, 2.24) is 10.6 Å². The first-order valence-electron chi connectivity index (χ1n) is 7.01. The van der Waals surface area contributed by atoms with Gasteiger partial charge >= 0.3 is 0 Å². The van der Waals surface area contributed by atoms with Crippen LogP contribution in [-0.4, -0.2) is 43.4 Å². The maximum atomic E-state index is 11.8. The van der Waals surface area contributed by atoms with Crippen molar-refractivity contribution in [2.24, 2.45) is 0 Å². The van der Waals surface area contributed by atoms with Crippen molar-refractivity contribution in [3.63, 3.8) is 0 Å². The molecule has 118 valence electrons. The molecule has 6 heteroatoms. The van der Waals surface area contributed by atoms with E-state index in [1.807, 2.05) is 24.3 Å². The SMILES string of the molecule is COc1ccc(CCCNC(=O)C2CC(O)CN2)cc1.Cl. The average Bonchev–Trinajstić information content (AvgIpc) is 2.91. The zero-order valence-electron chi connectivity index (χ0n) is 12.2. The summed E-state index contributed by atoms with van der Waals surface area (Å²) in [6, 6.07) is 7.71. The molecule has 0 saturated carbocycles.